The number of aromatic nitrogens is 1. The zero-order valence-electron chi connectivity index (χ0n) is 17.5. The number of thiazole rings is 1. The predicted octanol–water partition coefficient (Wildman–Crippen LogP) is 6.27. The smallest absolute Gasteiger partial charge is 0.316 e. The molecule has 156 valence electrons. The van der Waals surface area contributed by atoms with E-state index in [4.69, 9.17) is 4.84 Å². The molecule has 1 aromatic heterocycles. The first-order valence-electron chi connectivity index (χ1n) is 10.4. The van der Waals surface area contributed by atoms with Crippen molar-refractivity contribution in [3.8, 4) is 0 Å². The van der Waals surface area contributed by atoms with Gasteiger partial charge in [-0.1, -0.05) is 66.4 Å². The van der Waals surface area contributed by atoms with Crippen molar-refractivity contribution in [1.29, 1.82) is 0 Å². The summed E-state index contributed by atoms with van der Waals surface area (Å²) in [6.07, 6.45) is 11.8. The van der Waals surface area contributed by atoms with Gasteiger partial charge in [0.15, 0.2) is 10.5 Å². The molecule has 1 N–H and O–H groups in total. The van der Waals surface area contributed by atoms with Crippen LogP contribution in [0.3, 0.4) is 0 Å². The zero-order valence-corrected chi connectivity index (χ0v) is 19.2. The van der Waals surface area contributed by atoms with Crippen molar-refractivity contribution in [3.63, 3.8) is 0 Å². The van der Waals surface area contributed by atoms with Gasteiger partial charge in [0, 0.05) is 10.5 Å². The topological polar surface area (TPSA) is 28.4 Å². The number of hydrogen-bond donors (Lipinski definition) is 1. The van der Waals surface area contributed by atoms with Crippen LogP contribution in [0.5, 0.6) is 0 Å². The van der Waals surface area contributed by atoms with Crippen molar-refractivity contribution < 1.29 is 9.40 Å². The van der Waals surface area contributed by atoms with Crippen molar-refractivity contribution >= 4 is 50.9 Å². The second-order valence-electron chi connectivity index (χ2n) is 7.21. The summed E-state index contributed by atoms with van der Waals surface area (Å²) in [4.78, 5) is 7.01. The molecule has 4 nitrogen and oxygen atoms in total. The number of rotatable bonds is 5. The lowest BCUT2D eigenvalue weighted by Crippen LogP contribution is -2.45. The van der Waals surface area contributed by atoms with E-state index in [1.165, 1.54) is 26.4 Å². The van der Waals surface area contributed by atoms with Crippen molar-refractivity contribution in [3.05, 3.63) is 88.4 Å². The van der Waals surface area contributed by atoms with Crippen LogP contribution in [0.1, 0.15) is 18.4 Å². The molecule has 3 aromatic rings. The van der Waals surface area contributed by atoms with Gasteiger partial charge in [0.05, 0.1) is 22.5 Å². The molecule has 0 atom stereocenters. The third kappa shape index (κ3) is 3.83. The first-order valence-corrected chi connectivity index (χ1v) is 12.0. The quantitative estimate of drug-likeness (QED) is 0.467. The van der Waals surface area contributed by atoms with Crippen molar-refractivity contribution in [2.75, 3.05) is 19.0 Å². The van der Waals surface area contributed by atoms with E-state index in [0.717, 1.165) is 28.8 Å². The second-order valence-corrected chi connectivity index (χ2v) is 9.35. The van der Waals surface area contributed by atoms with Crippen LogP contribution in [-0.2, 0) is 4.84 Å². The van der Waals surface area contributed by atoms with E-state index >= 15 is 0 Å². The molecule has 2 aromatic carbocycles. The zero-order chi connectivity index (χ0) is 21.2. The molecule has 2 aliphatic heterocycles. The van der Waals surface area contributed by atoms with Gasteiger partial charge in [-0.3, -0.25) is 0 Å². The summed E-state index contributed by atoms with van der Waals surface area (Å²) in [5.41, 5.74) is 3.63. The van der Waals surface area contributed by atoms with Crippen LogP contribution in [0.25, 0.3) is 22.1 Å². The Morgan fingerprint density at radius 1 is 1.16 bits per heavy atom. The molecule has 5 rings (SSSR count). The summed E-state index contributed by atoms with van der Waals surface area (Å²) >= 11 is 3.56. The molecule has 3 heterocycles. The van der Waals surface area contributed by atoms with Crippen molar-refractivity contribution in [2.45, 2.75) is 18.2 Å². The Labute approximate surface area is 190 Å². The van der Waals surface area contributed by atoms with Crippen LogP contribution in [0.4, 0.5) is 5.69 Å². The molecule has 0 unspecified atom stereocenters. The van der Waals surface area contributed by atoms with Crippen LogP contribution in [0.15, 0.2) is 88.3 Å². The molecular weight excluding hydrogens is 422 g/mol. The molecule has 6 heteroatoms. The van der Waals surface area contributed by atoms with Gasteiger partial charge in [-0.05, 0) is 48.9 Å². The number of fused-ring (bicyclic) bond motifs is 2. The van der Waals surface area contributed by atoms with Gasteiger partial charge in [-0.2, -0.15) is 9.40 Å². The maximum atomic E-state index is 5.74. The lowest BCUT2D eigenvalue weighted by Gasteiger charge is -2.20. The fourth-order valence-corrected chi connectivity index (χ4v) is 5.84. The Hall–Kier alpha value is -2.80. The summed E-state index contributed by atoms with van der Waals surface area (Å²) in [7, 11) is 1.74. The fraction of sp³-hybridized carbons (Fsp3) is 0.160. The van der Waals surface area contributed by atoms with Crippen LogP contribution in [0, 0.1) is 0 Å². The molecule has 0 amide bonds. The molecule has 0 saturated carbocycles. The minimum atomic E-state index is 0.735. The number of nitrogens with one attached hydrogen (secondary N) is 1. The minimum Gasteiger partial charge on any atom is -0.349 e. The standard InChI is InChI=1S/C25H23N3OS2/c1-3-18-10-9-17-27(29-2)25(18)28-20-12-5-7-14-22(20)31-24(28)16-8-15-23-26-19-11-4-6-13-21(19)30-23/h4-16H,3,17H2,1-2H3/p+1. The second kappa shape index (κ2) is 8.75. The number of hydroxylamine groups is 2. The summed E-state index contributed by atoms with van der Waals surface area (Å²) in [5, 5.41) is 7.75. The molecule has 0 aliphatic carbocycles. The summed E-state index contributed by atoms with van der Waals surface area (Å²) in [6, 6.07) is 16.9. The number of anilines is 1. The maximum absolute atomic E-state index is 5.74. The van der Waals surface area contributed by atoms with E-state index in [1.807, 2.05) is 5.06 Å². The van der Waals surface area contributed by atoms with Crippen molar-refractivity contribution in [2.24, 2.45) is 0 Å². The van der Waals surface area contributed by atoms with Gasteiger partial charge >= 0.3 is 5.82 Å². The number of para-hydroxylation sites is 2. The van der Waals surface area contributed by atoms with Crippen LogP contribution < -0.4 is 9.88 Å². The minimum absolute atomic E-state index is 0.735. The highest BCUT2D eigenvalue weighted by molar-refractivity contribution is 8.03. The van der Waals surface area contributed by atoms with Gasteiger partial charge in [0.25, 0.3) is 0 Å². The molecule has 31 heavy (non-hydrogen) atoms. The Morgan fingerprint density at radius 2 is 2.00 bits per heavy atom. The van der Waals surface area contributed by atoms with E-state index in [9.17, 15) is 0 Å². The van der Waals surface area contributed by atoms with E-state index in [-0.39, 0.29) is 0 Å². The first-order chi connectivity index (χ1) is 15.3. The first kappa shape index (κ1) is 20.1. The number of benzene rings is 2. The lowest BCUT2D eigenvalue weighted by molar-refractivity contribution is -0.571. The average molecular weight is 447 g/mol. The van der Waals surface area contributed by atoms with Crippen LogP contribution in [-0.4, -0.2) is 18.7 Å². The highest BCUT2D eigenvalue weighted by atomic mass is 32.2. The average Bonchev–Trinajstić information content (AvgIpc) is 3.39. The highest BCUT2D eigenvalue weighted by Gasteiger charge is 2.31. The van der Waals surface area contributed by atoms with Gasteiger partial charge in [0.1, 0.15) is 6.54 Å². The van der Waals surface area contributed by atoms with Gasteiger partial charge < -0.3 is 5.32 Å². The molecule has 0 bridgehead atoms. The summed E-state index contributed by atoms with van der Waals surface area (Å²) in [6.45, 7) is 2.92. The van der Waals surface area contributed by atoms with E-state index in [1.54, 1.807) is 30.2 Å². The number of hydrogen-bond acceptors (Lipinski definition) is 5. The molecule has 0 radical (unpaired) electrons. The monoisotopic (exact) mass is 446 g/mol. The number of thioether (sulfide) groups is 1. The number of allylic oxidation sites excluding steroid dienone is 4. The summed E-state index contributed by atoms with van der Waals surface area (Å²) < 4.78 is 3.58. The van der Waals surface area contributed by atoms with E-state index < -0.39 is 0 Å². The molecule has 0 saturated heterocycles. The third-order valence-electron chi connectivity index (χ3n) is 5.32. The Kier molecular flexibility index (Phi) is 5.68. The van der Waals surface area contributed by atoms with Crippen molar-refractivity contribution in [1.82, 2.24) is 5.06 Å². The largest absolute Gasteiger partial charge is 0.349 e. The number of nitrogens with zero attached hydrogens (tertiary/aromatic N) is 2. The van der Waals surface area contributed by atoms with Gasteiger partial charge in [0.2, 0.25) is 0 Å². The SMILES string of the molecule is CCC1=C([n+]2c(C=CC=C3Nc4ccccc4S3)sc3ccccc32)N(OC)CC=C1. The van der Waals surface area contributed by atoms with Gasteiger partial charge in [-0.25, -0.2) is 0 Å². The third-order valence-corrected chi connectivity index (χ3v) is 7.45. The Balaban J connectivity index is 1.56. The fourth-order valence-electron chi connectivity index (χ4n) is 3.87. The Bertz CT molecular complexity index is 1230. The molecule has 0 fully saturated rings. The normalized spacial score (nSPS) is 17.2. The maximum Gasteiger partial charge on any atom is 0.316 e. The van der Waals surface area contributed by atoms with Gasteiger partial charge in [-0.15, -0.1) is 5.06 Å². The highest BCUT2D eigenvalue weighted by Crippen LogP contribution is 2.40. The van der Waals surface area contributed by atoms with Crippen LogP contribution in [0.2, 0.25) is 0 Å². The molecule has 2 aliphatic rings. The van der Waals surface area contributed by atoms with E-state index in [2.05, 4.69) is 95.7 Å². The van der Waals surface area contributed by atoms with E-state index in [0.29, 0.717) is 0 Å². The molecule has 0 spiro atoms. The lowest BCUT2D eigenvalue weighted by atomic mass is 10.1. The predicted molar refractivity (Wildman–Crippen MR) is 131 cm³/mol. The molecular formula is C25H24N3OS2+. The Morgan fingerprint density at radius 3 is 2.84 bits per heavy atom. The summed E-state index contributed by atoms with van der Waals surface area (Å²) in [5.74, 6) is 1.10. The van der Waals surface area contributed by atoms with Crippen LogP contribution >= 0.6 is 23.1 Å².